The van der Waals surface area contributed by atoms with Gasteiger partial charge in [-0.05, 0) is 48.9 Å². The molecule has 0 unspecified atom stereocenters. The summed E-state index contributed by atoms with van der Waals surface area (Å²) in [5, 5.41) is 9.99. The van der Waals surface area contributed by atoms with E-state index >= 15 is 0 Å². The maximum Gasteiger partial charge on any atom is 0.119 e. The summed E-state index contributed by atoms with van der Waals surface area (Å²) in [5.74, 6) is 0.492. The van der Waals surface area contributed by atoms with Gasteiger partial charge < -0.3 is 5.11 Å². The second-order valence-corrected chi connectivity index (χ2v) is 5.23. The van der Waals surface area contributed by atoms with Crippen LogP contribution in [0.25, 0.3) is 0 Å². The maximum atomic E-state index is 9.99. The Labute approximate surface area is 112 Å². The van der Waals surface area contributed by atoms with Gasteiger partial charge in [0.15, 0.2) is 0 Å². The van der Waals surface area contributed by atoms with Crippen LogP contribution in [0.5, 0.6) is 5.75 Å². The molecule has 0 aliphatic carbocycles. The molecule has 0 atom stereocenters. The molecule has 1 N–H and O–H groups in total. The van der Waals surface area contributed by atoms with Crippen molar-refractivity contribution in [3.05, 3.63) is 28.8 Å². The molecule has 0 heterocycles. The topological polar surface area (TPSA) is 20.2 Å². The Morgan fingerprint density at radius 1 is 0.889 bits per heavy atom. The molecule has 0 radical (unpaired) electrons. The van der Waals surface area contributed by atoms with Gasteiger partial charge in [-0.3, -0.25) is 0 Å². The summed E-state index contributed by atoms with van der Waals surface area (Å²) in [6.45, 7) is 6.56. The van der Waals surface area contributed by atoms with Crippen molar-refractivity contribution in [1.82, 2.24) is 0 Å². The Bertz CT molecular complexity index is 355. The van der Waals surface area contributed by atoms with E-state index in [0.29, 0.717) is 5.75 Å². The van der Waals surface area contributed by atoms with Gasteiger partial charge in [-0.1, -0.05) is 52.0 Å². The molecule has 0 fully saturated rings. The number of aromatic hydroxyl groups is 1. The number of aryl methyl sites for hydroxylation is 1. The first kappa shape index (κ1) is 15.1. The van der Waals surface area contributed by atoms with E-state index in [0.717, 1.165) is 12.8 Å². The van der Waals surface area contributed by atoms with Crippen LogP contribution >= 0.6 is 0 Å². The van der Waals surface area contributed by atoms with Crippen LogP contribution in [-0.4, -0.2) is 5.11 Å². The Hall–Kier alpha value is -0.980. The van der Waals surface area contributed by atoms with E-state index in [9.17, 15) is 5.11 Å². The highest BCUT2D eigenvalue weighted by Gasteiger charge is 2.08. The van der Waals surface area contributed by atoms with E-state index in [1.54, 1.807) is 0 Å². The summed E-state index contributed by atoms with van der Waals surface area (Å²) >= 11 is 0. The molecule has 18 heavy (non-hydrogen) atoms. The molecular weight excluding hydrogens is 220 g/mol. The predicted molar refractivity (Wildman–Crippen MR) is 79.3 cm³/mol. The highest BCUT2D eigenvalue weighted by molar-refractivity contribution is 5.44. The first-order valence-electron chi connectivity index (χ1n) is 7.51. The van der Waals surface area contributed by atoms with Gasteiger partial charge in [-0.2, -0.15) is 0 Å². The summed E-state index contributed by atoms with van der Waals surface area (Å²) in [7, 11) is 0. The minimum atomic E-state index is 0.492. The molecule has 1 nitrogen and oxygen atoms in total. The summed E-state index contributed by atoms with van der Waals surface area (Å²) in [5.41, 5.74) is 3.85. The number of phenols is 1. The normalized spacial score (nSPS) is 10.8. The molecule has 0 aliphatic rings. The van der Waals surface area contributed by atoms with Gasteiger partial charge in [0.2, 0.25) is 0 Å². The van der Waals surface area contributed by atoms with Gasteiger partial charge in [0.25, 0.3) is 0 Å². The molecule has 102 valence electrons. The standard InChI is InChI=1S/C17H28O/c1-4-6-7-8-9-10-11-16-15(5-2)14(3)12-13-17(16)18/h12-13,18H,4-11H2,1-3H3. The molecule has 0 spiro atoms. The van der Waals surface area contributed by atoms with E-state index < -0.39 is 0 Å². The molecule has 0 bridgehead atoms. The number of benzene rings is 1. The lowest BCUT2D eigenvalue weighted by Crippen LogP contribution is -1.97. The van der Waals surface area contributed by atoms with E-state index in [2.05, 4.69) is 20.8 Å². The second kappa shape index (κ2) is 8.18. The molecule has 0 saturated carbocycles. The van der Waals surface area contributed by atoms with Crippen LogP contribution in [0, 0.1) is 6.92 Å². The minimum absolute atomic E-state index is 0.492. The monoisotopic (exact) mass is 248 g/mol. The fraction of sp³-hybridized carbons (Fsp3) is 0.647. The highest BCUT2D eigenvalue weighted by Crippen LogP contribution is 2.26. The largest absolute Gasteiger partial charge is 0.508 e. The van der Waals surface area contributed by atoms with Crippen LogP contribution in [0.4, 0.5) is 0 Å². The van der Waals surface area contributed by atoms with Crippen molar-refractivity contribution in [1.29, 1.82) is 0 Å². The SMILES string of the molecule is CCCCCCCCc1c(O)ccc(C)c1CC. The zero-order chi connectivity index (χ0) is 13.4. The number of unbranched alkanes of at least 4 members (excludes halogenated alkanes) is 5. The molecule has 1 aromatic rings. The van der Waals surface area contributed by atoms with Crippen molar-refractivity contribution in [3.63, 3.8) is 0 Å². The third kappa shape index (κ3) is 4.36. The Kier molecular flexibility index (Phi) is 6.85. The van der Waals surface area contributed by atoms with Gasteiger partial charge in [-0.25, -0.2) is 0 Å². The predicted octanol–water partition coefficient (Wildman–Crippen LogP) is 5.17. The Morgan fingerprint density at radius 3 is 2.22 bits per heavy atom. The van der Waals surface area contributed by atoms with Crippen LogP contribution in [-0.2, 0) is 12.8 Å². The van der Waals surface area contributed by atoms with E-state index in [1.165, 1.54) is 55.2 Å². The Balaban J connectivity index is 2.48. The first-order valence-corrected chi connectivity index (χ1v) is 7.51. The number of hydrogen-bond donors (Lipinski definition) is 1. The summed E-state index contributed by atoms with van der Waals surface area (Å²) < 4.78 is 0. The molecule has 1 heteroatoms. The van der Waals surface area contributed by atoms with Crippen molar-refractivity contribution < 1.29 is 5.11 Å². The second-order valence-electron chi connectivity index (χ2n) is 5.23. The summed E-state index contributed by atoms with van der Waals surface area (Å²) in [6.07, 6.45) is 9.89. The van der Waals surface area contributed by atoms with E-state index in [4.69, 9.17) is 0 Å². The van der Waals surface area contributed by atoms with Gasteiger partial charge >= 0.3 is 0 Å². The van der Waals surface area contributed by atoms with Crippen molar-refractivity contribution in [3.8, 4) is 5.75 Å². The zero-order valence-electron chi connectivity index (χ0n) is 12.3. The molecular formula is C17H28O. The minimum Gasteiger partial charge on any atom is -0.508 e. The first-order chi connectivity index (χ1) is 8.70. The quantitative estimate of drug-likeness (QED) is 0.629. The van der Waals surface area contributed by atoms with Crippen LogP contribution in [0.2, 0.25) is 0 Å². The lowest BCUT2D eigenvalue weighted by atomic mass is 9.94. The van der Waals surface area contributed by atoms with Crippen molar-refractivity contribution in [2.24, 2.45) is 0 Å². The molecule has 0 aliphatic heterocycles. The highest BCUT2D eigenvalue weighted by atomic mass is 16.3. The number of phenolic OH excluding ortho intramolecular Hbond substituents is 1. The maximum absolute atomic E-state index is 9.99. The van der Waals surface area contributed by atoms with Crippen LogP contribution < -0.4 is 0 Å². The fourth-order valence-corrected chi connectivity index (χ4v) is 2.65. The van der Waals surface area contributed by atoms with Crippen LogP contribution in [0.15, 0.2) is 12.1 Å². The average Bonchev–Trinajstić information content (AvgIpc) is 2.37. The Morgan fingerprint density at radius 2 is 1.56 bits per heavy atom. The molecule has 0 amide bonds. The van der Waals surface area contributed by atoms with E-state index in [1.807, 2.05) is 12.1 Å². The van der Waals surface area contributed by atoms with Gasteiger partial charge in [0, 0.05) is 0 Å². The lowest BCUT2D eigenvalue weighted by molar-refractivity contribution is 0.464. The summed E-state index contributed by atoms with van der Waals surface area (Å²) in [6, 6.07) is 3.87. The number of rotatable bonds is 8. The van der Waals surface area contributed by atoms with Crippen molar-refractivity contribution >= 4 is 0 Å². The number of hydrogen-bond acceptors (Lipinski definition) is 1. The van der Waals surface area contributed by atoms with Gasteiger partial charge in [0.05, 0.1) is 0 Å². The smallest absolute Gasteiger partial charge is 0.119 e. The molecule has 1 aromatic carbocycles. The third-order valence-electron chi connectivity index (χ3n) is 3.77. The lowest BCUT2D eigenvalue weighted by Gasteiger charge is -2.13. The van der Waals surface area contributed by atoms with Crippen molar-refractivity contribution in [2.75, 3.05) is 0 Å². The summed E-state index contributed by atoms with van der Waals surface area (Å²) in [4.78, 5) is 0. The van der Waals surface area contributed by atoms with Crippen molar-refractivity contribution in [2.45, 2.75) is 72.1 Å². The zero-order valence-corrected chi connectivity index (χ0v) is 12.3. The van der Waals surface area contributed by atoms with E-state index in [-0.39, 0.29) is 0 Å². The average molecular weight is 248 g/mol. The van der Waals surface area contributed by atoms with Crippen LogP contribution in [0.1, 0.15) is 69.1 Å². The van der Waals surface area contributed by atoms with Gasteiger partial charge in [-0.15, -0.1) is 0 Å². The van der Waals surface area contributed by atoms with Crippen LogP contribution in [0.3, 0.4) is 0 Å². The molecule has 0 saturated heterocycles. The molecule has 1 rings (SSSR count). The fourth-order valence-electron chi connectivity index (χ4n) is 2.65. The third-order valence-corrected chi connectivity index (χ3v) is 3.77. The molecule has 0 aromatic heterocycles. The van der Waals surface area contributed by atoms with Gasteiger partial charge in [0.1, 0.15) is 5.75 Å².